The van der Waals surface area contributed by atoms with Gasteiger partial charge in [0.15, 0.2) is 0 Å². The highest BCUT2D eigenvalue weighted by Crippen LogP contribution is 2.30. The summed E-state index contributed by atoms with van der Waals surface area (Å²) in [5.41, 5.74) is 1.20. The molecule has 0 N–H and O–H groups in total. The van der Waals surface area contributed by atoms with E-state index in [-0.39, 0.29) is 4.92 Å². The minimum absolute atomic E-state index is 0.195. The number of unbranched alkanes of at least 4 members (excludes halogenated alkanes) is 27. The number of hydrogen-bond acceptors (Lipinski definition) is 2. The molecule has 0 unspecified atom stereocenters. The smallest absolute Gasteiger partial charge is 0.258 e. The van der Waals surface area contributed by atoms with E-state index in [1.165, 1.54) is 173 Å². The third-order valence-electron chi connectivity index (χ3n) is 9.47. The lowest BCUT2D eigenvalue weighted by Crippen LogP contribution is -1.97. The van der Waals surface area contributed by atoms with Crippen molar-refractivity contribution in [2.24, 2.45) is 0 Å². The van der Waals surface area contributed by atoms with Crippen molar-refractivity contribution in [3.05, 3.63) is 52.1 Å². The van der Waals surface area contributed by atoms with Crippen LogP contribution in [0.25, 0.3) is 10.8 Å². The molecule has 0 aliphatic carbocycles. The van der Waals surface area contributed by atoms with Gasteiger partial charge >= 0.3 is 0 Å². The third kappa shape index (κ3) is 18.5. The van der Waals surface area contributed by atoms with Crippen LogP contribution in [0.1, 0.15) is 192 Å². The lowest BCUT2D eigenvalue weighted by atomic mass is 9.99. The molecular formula is C40H67NO2. The van der Waals surface area contributed by atoms with Crippen molar-refractivity contribution in [2.45, 2.75) is 193 Å². The molecule has 3 nitrogen and oxygen atoms in total. The van der Waals surface area contributed by atoms with Crippen LogP contribution in [-0.2, 0) is 6.42 Å². The van der Waals surface area contributed by atoms with Crippen LogP contribution in [0.3, 0.4) is 0 Å². The van der Waals surface area contributed by atoms with E-state index < -0.39 is 0 Å². The van der Waals surface area contributed by atoms with Crippen molar-refractivity contribution in [2.75, 3.05) is 0 Å². The summed E-state index contributed by atoms with van der Waals surface area (Å²) in [5.74, 6) is 0. The summed E-state index contributed by atoms with van der Waals surface area (Å²) in [6.07, 6.45) is 40.1. The van der Waals surface area contributed by atoms with Crippen LogP contribution in [0, 0.1) is 10.1 Å². The van der Waals surface area contributed by atoms with Gasteiger partial charge in [-0.2, -0.15) is 0 Å². The van der Waals surface area contributed by atoms with Gasteiger partial charge in [-0.05, 0) is 24.3 Å². The molecule has 0 aliphatic rings. The largest absolute Gasteiger partial charge is 0.280 e. The monoisotopic (exact) mass is 594 g/mol. The first-order valence-electron chi connectivity index (χ1n) is 18.9. The summed E-state index contributed by atoms with van der Waals surface area (Å²) in [6.45, 7) is 2.30. The average molecular weight is 594 g/mol. The summed E-state index contributed by atoms with van der Waals surface area (Å²) in [4.78, 5) is 11.5. The first kappa shape index (κ1) is 37.3. The van der Waals surface area contributed by atoms with E-state index >= 15 is 0 Å². The van der Waals surface area contributed by atoms with Crippen molar-refractivity contribution in [1.82, 2.24) is 0 Å². The molecule has 0 saturated carbocycles. The average Bonchev–Trinajstić information content (AvgIpc) is 3.02. The van der Waals surface area contributed by atoms with E-state index in [1.807, 2.05) is 36.4 Å². The van der Waals surface area contributed by atoms with Gasteiger partial charge in [0.2, 0.25) is 0 Å². The Morgan fingerprint density at radius 2 is 0.814 bits per heavy atom. The Morgan fingerprint density at radius 1 is 0.465 bits per heavy atom. The molecule has 3 heteroatoms. The minimum Gasteiger partial charge on any atom is -0.258 e. The van der Waals surface area contributed by atoms with Gasteiger partial charge in [0.05, 0.1) is 10.3 Å². The standard InChI is InChI=1S/C40H67NO2/c1-2-3-4-5-6-7-8-9-10-11-12-13-14-15-16-17-18-19-20-21-22-23-24-25-26-27-28-29-33-38-36-35-37-32-30-31-34-39(37)40(38)41(42)43/h30-32,34-36H,2-29,33H2,1H3. The summed E-state index contributed by atoms with van der Waals surface area (Å²) in [6, 6.07) is 11.6. The Kier molecular flexibility index (Phi) is 23.0. The van der Waals surface area contributed by atoms with Gasteiger partial charge in [-0.3, -0.25) is 10.1 Å². The van der Waals surface area contributed by atoms with Crippen molar-refractivity contribution < 1.29 is 4.92 Å². The predicted molar refractivity (Wildman–Crippen MR) is 189 cm³/mol. The number of rotatable bonds is 30. The molecule has 0 amide bonds. The van der Waals surface area contributed by atoms with Crippen LogP contribution < -0.4 is 0 Å². The van der Waals surface area contributed by atoms with Crippen LogP contribution in [0.15, 0.2) is 36.4 Å². The highest BCUT2D eigenvalue weighted by molar-refractivity contribution is 5.92. The lowest BCUT2D eigenvalue weighted by molar-refractivity contribution is -0.383. The molecule has 0 fully saturated rings. The van der Waals surface area contributed by atoms with Gasteiger partial charge in [0.1, 0.15) is 0 Å². The van der Waals surface area contributed by atoms with Crippen LogP contribution in [0.2, 0.25) is 0 Å². The fourth-order valence-corrected chi connectivity index (χ4v) is 6.70. The van der Waals surface area contributed by atoms with Gasteiger partial charge in [0, 0.05) is 5.56 Å². The van der Waals surface area contributed by atoms with E-state index in [2.05, 4.69) is 6.92 Å². The van der Waals surface area contributed by atoms with E-state index in [0.717, 1.165) is 29.2 Å². The van der Waals surface area contributed by atoms with Crippen LogP contribution in [0.4, 0.5) is 5.69 Å². The molecule has 2 aromatic carbocycles. The molecule has 43 heavy (non-hydrogen) atoms. The highest BCUT2D eigenvalue weighted by Gasteiger charge is 2.17. The predicted octanol–water partition coefficient (Wildman–Crippen LogP) is 14.2. The Morgan fingerprint density at radius 3 is 1.19 bits per heavy atom. The van der Waals surface area contributed by atoms with E-state index in [9.17, 15) is 10.1 Å². The molecule has 0 aromatic heterocycles. The second-order valence-electron chi connectivity index (χ2n) is 13.3. The second-order valence-corrected chi connectivity index (χ2v) is 13.3. The summed E-state index contributed by atoms with van der Waals surface area (Å²) in [7, 11) is 0. The number of nitro groups is 1. The van der Waals surface area contributed by atoms with E-state index in [4.69, 9.17) is 0 Å². The molecule has 0 atom stereocenters. The number of nitro benzene ring substituents is 1. The number of aryl methyl sites for hydroxylation is 1. The lowest BCUT2D eigenvalue weighted by Gasteiger charge is -2.07. The Balaban J connectivity index is 1.27. The van der Waals surface area contributed by atoms with Gasteiger partial charge in [-0.15, -0.1) is 0 Å². The zero-order valence-corrected chi connectivity index (χ0v) is 28.2. The zero-order chi connectivity index (χ0) is 30.6. The minimum atomic E-state index is -0.195. The zero-order valence-electron chi connectivity index (χ0n) is 28.2. The highest BCUT2D eigenvalue weighted by atomic mass is 16.6. The number of nitrogens with zero attached hydrogens (tertiary/aromatic N) is 1. The van der Waals surface area contributed by atoms with E-state index in [1.54, 1.807) is 0 Å². The Hall–Kier alpha value is -1.90. The molecule has 0 radical (unpaired) electrons. The fraction of sp³-hybridized carbons (Fsp3) is 0.750. The van der Waals surface area contributed by atoms with Crippen LogP contribution in [0.5, 0.6) is 0 Å². The molecule has 244 valence electrons. The first-order chi connectivity index (χ1) is 21.2. The van der Waals surface area contributed by atoms with Crippen molar-refractivity contribution in [3.8, 4) is 0 Å². The van der Waals surface area contributed by atoms with E-state index in [0.29, 0.717) is 5.69 Å². The molecular weight excluding hydrogens is 526 g/mol. The molecule has 2 aromatic rings. The summed E-state index contributed by atoms with van der Waals surface area (Å²) < 4.78 is 0. The normalized spacial score (nSPS) is 11.5. The topological polar surface area (TPSA) is 43.1 Å². The quantitative estimate of drug-likeness (QED) is 0.0513. The maximum atomic E-state index is 11.7. The van der Waals surface area contributed by atoms with Crippen LogP contribution >= 0.6 is 0 Å². The molecule has 2 rings (SSSR count). The van der Waals surface area contributed by atoms with Crippen molar-refractivity contribution in [1.29, 1.82) is 0 Å². The Labute approximate surface area is 266 Å². The number of hydrogen-bond donors (Lipinski definition) is 0. The van der Waals surface area contributed by atoms with Crippen molar-refractivity contribution >= 4 is 16.5 Å². The SMILES string of the molecule is CCCCCCCCCCCCCCCCCCCCCCCCCCCCCCc1ccc2ccccc2c1[N+](=O)[O-]. The molecule has 0 saturated heterocycles. The third-order valence-corrected chi connectivity index (χ3v) is 9.47. The van der Waals surface area contributed by atoms with Crippen LogP contribution in [-0.4, -0.2) is 4.92 Å². The summed E-state index contributed by atoms with van der Waals surface area (Å²) >= 11 is 0. The number of fused-ring (bicyclic) bond motifs is 1. The first-order valence-corrected chi connectivity index (χ1v) is 18.9. The van der Waals surface area contributed by atoms with Gasteiger partial charge < -0.3 is 0 Å². The van der Waals surface area contributed by atoms with Crippen molar-refractivity contribution in [3.63, 3.8) is 0 Å². The van der Waals surface area contributed by atoms with Gasteiger partial charge in [-0.25, -0.2) is 0 Å². The molecule has 0 bridgehead atoms. The number of benzene rings is 2. The fourth-order valence-electron chi connectivity index (χ4n) is 6.70. The molecule has 0 spiro atoms. The second kappa shape index (κ2) is 26.5. The molecule has 0 aliphatic heterocycles. The molecule has 0 heterocycles. The van der Waals surface area contributed by atoms with Gasteiger partial charge in [0.25, 0.3) is 5.69 Å². The summed E-state index contributed by atoms with van der Waals surface area (Å²) in [5, 5.41) is 13.4. The van der Waals surface area contributed by atoms with Gasteiger partial charge in [-0.1, -0.05) is 211 Å². The Bertz CT molecular complexity index is 939. The maximum Gasteiger partial charge on any atom is 0.280 e. The maximum absolute atomic E-state index is 11.7.